The molecule has 1 aliphatic carbocycles. The van der Waals surface area contributed by atoms with Gasteiger partial charge in [0.1, 0.15) is 0 Å². The molecule has 0 saturated carbocycles. The molecular formula is C12H15NO3. The number of fused-ring (bicyclic) bond motifs is 1. The summed E-state index contributed by atoms with van der Waals surface area (Å²) in [4.78, 5) is 11.4. The maximum absolute atomic E-state index is 11.4. The van der Waals surface area contributed by atoms with Gasteiger partial charge in [0.2, 0.25) is 0 Å². The van der Waals surface area contributed by atoms with Gasteiger partial charge in [-0.2, -0.15) is 0 Å². The summed E-state index contributed by atoms with van der Waals surface area (Å²) in [6, 6.07) is 4.92. The van der Waals surface area contributed by atoms with Crippen molar-refractivity contribution in [3.63, 3.8) is 0 Å². The number of hydrogen-bond donors (Lipinski definition) is 2. The quantitative estimate of drug-likeness (QED) is 0.687. The van der Waals surface area contributed by atoms with E-state index in [-0.39, 0.29) is 5.97 Å². The molecule has 0 radical (unpaired) electrons. The topological polar surface area (TPSA) is 72.5 Å². The number of aliphatic hydroxyl groups excluding tert-OH is 1. The second-order valence-electron chi connectivity index (χ2n) is 4.04. The molecule has 16 heavy (non-hydrogen) atoms. The maximum Gasteiger partial charge on any atom is 0.337 e. The maximum atomic E-state index is 11.4. The minimum Gasteiger partial charge on any atom is -0.465 e. The van der Waals surface area contributed by atoms with Gasteiger partial charge in [0.15, 0.2) is 0 Å². The predicted octanol–water partition coefficient (Wildman–Crippen LogP) is 0.780. The first kappa shape index (κ1) is 11.1. The molecule has 0 aliphatic heterocycles. The lowest BCUT2D eigenvalue weighted by Crippen LogP contribution is -2.31. The van der Waals surface area contributed by atoms with Crippen LogP contribution in [0.2, 0.25) is 0 Å². The fourth-order valence-electron chi connectivity index (χ4n) is 2.07. The van der Waals surface area contributed by atoms with Crippen LogP contribution < -0.4 is 5.73 Å². The zero-order valence-electron chi connectivity index (χ0n) is 9.14. The van der Waals surface area contributed by atoms with Crippen molar-refractivity contribution in [2.45, 2.75) is 25.0 Å². The van der Waals surface area contributed by atoms with E-state index in [9.17, 15) is 9.90 Å². The van der Waals surface area contributed by atoms with Crippen LogP contribution in [-0.4, -0.2) is 24.3 Å². The van der Waals surface area contributed by atoms with E-state index in [0.717, 1.165) is 17.5 Å². The molecule has 0 bridgehead atoms. The van der Waals surface area contributed by atoms with E-state index in [1.807, 2.05) is 6.07 Å². The zero-order valence-corrected chi connectivity index (χ0v) is 9.14. The van der Waals surface area contributed by atoms with Crippen molar-refractivity contribution in [2.24, 2.45) is 5.73 Å². The van der Waals surface area contributed by atoms with Crippen LogP contribution in [-0.2, 0) is 11.2 Å². The summed E-state index contributed by atoms with van der Waals surface area (Å²) >= 11 is 0. The van der Waals surface area contributed by atoms with E-state index in [4.69, 9.17) is 5.73 Å². The highest BCUT2D eigenvalue weighted by Crippen LogP contribution is 2.29. The van der Waals surface area contributed by atoms with Crippen molar-refractivity contribution in [3.05, 3.63) is 34.9 Å². The van der Waals surface area contributed by atoms with Gasteiger partial charge in [-0.15, -0.1) is 0 Å². The fraction of sp³-hybridized carbons (Fsp3) is 0.417. The number of aliphatic hydroxyl groups is 1. The minimum atomic E-state index is -0.527. The number of methoxy groups -OCH3 is 1. The Morgan fingerprint density at radius 3 is 3.00 bits per heavy atom. The zero-order chi connectivity index (χ0) is 11.7. The van der Waals surface area contributed by atoms with E-state index >= 15 is 0 Å². The van der Waals surface area contributed by atoms with Crippen LogP contribution in [0.4, 0.5) is 0 Å². The number of carbonyl (C=O) groups excluding carboxylic acids is 1. The van der Waals surface area contributed by atoms with E-state index in [2.05, 4.69) is 4.74 Å². The van der Waals surface area contributed by atoms with Gasteiger partial charge in [-0.3, -0.25) is 0 Å². The van der Waals surface area contributed by atoms with Crippen molar-refractivity contribution >= 4 is 5.97 Å². The predicted molar refractivity (Wildman–Crippen MR) is 59.0 cm³/mol. The Morgan fingerprint density at radius 2 is 2.31 bits per heavy atom. The van der Waals surface area contributed by atoms with Gasteiger partial charge >= 0.3 is 5.97 Å². The van der Waals surface area contributed by atoms with Gasteiger partial charge in [0.05, 0.1) is 24.8 Å². The Morgan fingerprint density at radius 1 is 1.56 bits per heavy atom. The number of esters is 1. The summed E-state index contributed by atoms with van der Waals surface area (Å²) in [5.41, 5.74) is 8.33. The Bertz CT molecular complexity index is 417. The number of nitrogens with two attached hydrogens (primary N) is 1. The van der Waals surface area contributed by atoms with Crippen LogP contribution in [0.5, 0.6) is 0 Å². The molecule has 3 N–H and O–H groups in total. The Balaban J connectivity index is 2.40. The number of aryl methyl sites for hydroxylation is 1. The SMILES string of the molecule is COC(=O)c1ccc2c(c1)[C@@H](N)[C@H](O)CC2. The van der Waals surface area contributed by atoms with Crippen LogP contribution in [0.25, 0.3) is 0 Å². The molecule has 0 aromatic heterocycles. The summed E-state index contributed by atoms with van der Waals surface area (Å²) < 4.78 is 4.65. The molecule has 2 rings (SSSR count). The Hall–Kier alpha value is -1.39. The third-order valence-electron chi connectivity index (χ3n) is 3.05. The molecule has 1 aromatic carbocycles. The standard InChI is InChI=1S/C12H15NO3/c1-16-12(15)8-3-2-7-4-5-10(14)11(13)9(7)6-8/h2-3,6,10-11,14H,4-5,13H2,1H3/t10-,11-/m1/s1. The number of hydrogen-bond acceptors (Lipinski definition) is 4. The third-order valence-corrected chi connectivity index (χ3v) is 3.05. The average molecular weight is 221 g/mol. The molecule has 0 amide bonds. The molecule has 4 heteroatoms. The van der Waals surface area contributed by atoms with Gasteiger partial charge in [-0.25, -0.2) is 4.79 Å². The first-order valence-corrected chi connectivity index (χ1v) is 5.28. The van der Waals surface area contributed by atoms with Gasteiger partial charge in [0, 0.05) is 0 Å². The Labute approximate surface area is 94.0 Å². The lowest BCUT2D eigenvalue weighted by Gasteiger charge is -2.27. The van der Waals surface area contributed by atoms with Crippen molar-refractivity contribution in [3.8, 4) is 0 Å². The normalized spacial score (nSPS) is 23.7. The Kier molecular flexibility index (Phi) is 2.94. The number of benzene rings is 1. The summed E-state index contributed by atoms with van der Waals surface area (Å²) in [7, 11) is 1.34. The largest absolute Gasteiger partial charge is 0.465 e. The molecular weight excluding hydrogens is 206 g/mol. The van der Waals surface area contributed by atoms with Crippen molar-refractivity contribution < 1.29 is 14.6 Å². The highest BCUT2D eigenvalue weighted by atomic mass is 16.5. The second kappa shape index (κ2) is 4.23. The van der Waals surface area contributed by atoms with Crippen LogP contribution in [0.3, 0.4) is 0 Å². The molecule has 0 unspecified atom stereocenters. The highest BCUT2D eigenvalue weighted by molar-refractivity contribution is 5.89. The smallest absolute Gasteiger partial charge is 0.337 e. The summed E-state index contributed by atoms with van der Waals surface area (Å²) in [6.45, 7) is 0. The molecule has 2 atom stereocenters. The summed E-state index contributed by atoms with van der Waals surface area (Å²) in [5, 5.41) is 9.67. The van der Waals surface area contributed by atoms with Crippen molar-refractivity contribution in [1.82, 2.24) is 0 Å². The molecule has 4 nitrogen and oxygen atoms in total. The van der Waals surface area contributed by atoms with Crippen LogP contribution >= 0.6 is 0 Å². The molecule has 1 aliphatic rings. The van der Waals surface area contributed by atoms with Gasteiger partial charge < -0.3 is 15.6 Å². The van der Waals surface area contributed by atoms with Gasteiger partial charge in [-0.05, 0) is 36.1 Å². The minimum absolute atomic E-state index is 0.380. The van der Waals surface area contributed by atoms with Crippen molar-refractivity contribution in [2.75, 3.05) is 7.11 Å². The number of carbonyl (C=O) groups is 1. The molecule has 1 aromatic rings. The van der Waals surface area contributed by atoms with Crippen molar-refractivity contribution in [1.29, 1.82) is 0 Å². The third kappa shape index (κ3) is 1.81. The monoisotopic (exact) mass is 221 g/mol. The van der Waals surface area contributed by atoms with E-state index in [1.165, 1.54) is 7.11 Å². The first-order chi connectivity index (χ1) is 7.63. The first-order valence-electron chi connectivity index (χ1n) is 5.28. The molecule has 0 fully saturated rings. The van der Waals surface area contributed by atoms with E-state index in [0.29, 0.717) is 12.0 Å². The van der Waals surface area contributed by atoms with Gasteiger partial charge in [0.25, 0.3) is 0 Å². The molecule has 0 spiro atoms. The van der Waals surface area contributed by atoms with E-state index < -0.39 is 12.1 Å². The number of rotatable bonds is 1. The average Bonchev–Trinajstić information content (AvgIpc) is 2.32. The summed E-state index contributed by atoms with van der Waals surface area (Å²) in [6.07, 6.45) is 0.942. The van der Waals surface area contributed by atoms with Crippen LogP contribution in [0.1, 0.15) is 33.9 Å². The lowest BCUT2D eigenvalue weighted by molar-refractivity contribution is 0.0600. The highest BCUT2D eigenvalue weighted by Gasteiger charge is 2.25. The molecule has 0 saturated heterocycles. The number of ether oxygens (including phenoxy) is 1. The van der Waals surface area contributed by atoms with Crippen LogP contribution in [0.15, 0.2) is 18.2 Å². The molecule has 0 heterocycles. The molecule has 86 valence electrons. The second-order valence-corrected chi connectivity index (χ2v) is 4.04. The van der Waals surface area contributed by atoms with Gasteiger partial charge in [-0.1, -0.05) is 6.07 Å². The van der Waals surface area contributed by atoms with E-state index in [1.54, 1.807) is 12.1 Å². The summed E-state index contributed by atoms with van der Waals surface area (Å²) in [5.74, 6) is -0.380. The lowest BCUT2D eigenvalue weighted by atomic mass is 9.85. The fourth-order valence-corrected chi connectivity index (χ4v) is 2.07. The van der Waals surface area contributed by atoms with Crippen LogP contribution in [0, 0.1) is 0 Å².